The highest BCUT2D eigenvalue weighted by Gasteiger charge is 2.31. The van der Waals surface area contributed by atoms with Gasteiger partial charge < -0.3 is 15.3 Å². The van der Waals surface area contributed by atoms with Crippen molar-refractivity contribution in [2.75, 3.05) is 23.4 Å². The number of nitrogens with one attached hydrogen (secondary N) is 1. The van der Waals surface area contributed by atoms with Gasteiger partial charge in [0.2, 0.25) is 0 Å². The molecule has 4 rings (SSSR count). The van der Waals surface area contributed by atoms with Crippen molar-refractivity contribution in [1.82, 2.24) is 9.97 Å². The normalized spacial score (nSPS) is 25.7. The molecule has 1 aromatic heterocycles. The first-order valence-electron chi connectivity index (χ1n) is 8.94. The third-order valence-corrected chi connectivity index (χ3v) is 5.37. The summed E-state index contributed by atoms with van der Waals surface area (Å²) >= 11 is 0. The first-order chi connectivity index (χ1) is 12.2. The molecule has 2 N–H and O–H groups in total. The van der Waals surface area contributed by atoms with E-state index in [0.717, 1.165) is 43.9 Å². The molecule has 1 unspecified atom stereocenters. The number of anilines is 2. The Morgan fingerprint density at radius 1 is 1.20 bits per heavy atom. The van der Waals surface area contributed by atoms with Gasteiger partial charge in [-0.25, -0.2) is 14.4 Å². The van der Waals surface area contributed by atoms with E-state index in [2.05, 4.69) is 20.2 Å². The second-order valence-corrected chi connectivity index (χ2v) is 6.99. The van der Waals surface area contributed by atoms with Crippen LogP contribution >= 0.6 is 0 Å². The molecule has 1 aliphatic carbocycles. The fourth-order valence-electron chi connectivity index (χ4n) is 3.86. The second-order valence-electron chi connectivity index (χ2n) is 6.99. The Labute approximate surface area is 146 Å². The van der Waals surface area contributed by atoms with Crippen molar-refractivity contribution < 1.29 is 9.50 Å². The Kier molecular flexibility index (Phi) is 4.53. The lowest BCUT2D eigenvalue weighted by molar-refractivity contribution is 0.266. The lowest BCUT2D eigenvalue weighted by Gasteiger charge is -2.36. The summed E-state index contributed by atoms with van der Waals surface area (Å²) in [5, 5.41) is 13.0. The molecule has 0 amide bonds. The largest absolute Gasteiger partial charge is 0.394 e. The van der Waals surface area contributed by atoms with E-state index < -0.39 is 0 Å². The van der Waals surface area contributed by atoms with Gasteiger partial charge >= 0.3 is 0 Å². The van der Waals surface area contributed by atoms with E-state index in [4.69, 9.17) is 0 Å². The predicted molar refractivity (Wildman–Crippen MR) is 95.3 cm³/mol. The van der Waals surface area contributed by atoms with Crippen LogP contribution in [-0.4, -0.2) is 40.3 Å². The molecular weight excluding hydrogens is 319 g/mol. The van der Waals surface area contributed by atoms with E-state index in [9.17, 15) is 9.50 Å². The Morgan fingerprint density at radius 3 is 2.76 bits per heavy atom. The summed E-state index contributed by atoms with van der Waals surface area (Å²) in [5.41, 5.74) is 1.20. The zero-order chi connectivity index (χ0) is 17.2. The molecule has 1 saturated carbocycles. The minimum atomic E-state index is -0.186. The van der Waals surface area contributed by atoms with Crippen molar-refractivity contribution in [3.05, 3.63) is 48.0 Å². The molecule has 0 radical (unpaired) electrons. The van der Waals surface area contributed by atoms with Gasteiger partial charge in [-0.3, -0.25) is 0 Å². The topological polar surface area (TPSA) is 61.3 Å². The Morgan fingerprint density at radius 2 is 2.00 bits per heavy atom. The molecule has 5 nitrogen and oxygen atoms in total. The van der Waals surface area contributed by atoms with Crippen LogP contribution in [0.5, 0.6) is 0 Å². The summed E-state index contributed by atoms with van der Waals surface area (Å²) in [6, 6.07) is 9.32. The van der Waals surface area contributed by atoms with Crippen molar-refractivity contribution in [2.45, 2.75) is 43.7 Å². The van der Waals surface area contributed by atoms with E-state index in [1.165, 1.54) is 17.7 Å². The minimum absolute atomic E-state index is 0.161. The molecule has 2 heterocycles. The summed E-state index contributed by atoms with van der Waals surface area (Å²) in [6.45, 7) is 1.09. The van der Waals surface area contributed by atoms with Gasteiger partial charge in [-0.15, -0.1) is 0 Å². The molecule has 1 aromatic carbocycles. The highest BCUT2D eigenvalue weighted by molar-refractivity contribution is 5.50. The van der Waals surface area contributed by atoms with Gasteiger partial charge in [-0.05, 0) is 49.3 Å². The van der Waals surface area contributed by atoms with E-state index >= 15 is 0 Å². The van der Waals surface area contributed by atoms with Crippen molar-refractivity contribution in [2.24, 2.45) is 0 Å². The monoisotopic (exact) mass is 342 g/mol. The van der Waals surface area contributed by atoms with Gasteiger partial charge in [-0.2, -0.15) is 0 Å². The van der Waals surface area contributed by atoms with Gasteiger partial charge in [0.05, 0.1) is 12.6 Å². The Balaban J connectivity index is 1.36. The molecule has 1 aliphatic heterocycles. The van der Waals surface area contributed by atoms with Crippen LogP contribution in [0.15, 0.2) is 36.7 Å². The van der Waals surface area contributed by atoms with Gasteiger partial charge in [0.15, 0.2) is 0 Å². The number of nitrogens with zero attached hydrogens (tertiary/aromatic N) is 3. The highest BCUT2D eigenvalue weighted by Crippen LogP contribution is 2.38. The average molecular weight is 342 g/mol. The van der Waals surface area contributed by atoms with E-state index in [-0.39, 0.29) is 18.5 Å². The molecule has 25 heavy (non-hydrogen) atoms. The maximum atomic E-state index is 13.0. The minimum Gasteiger partial charge on any atom is -0.394 e. The molecule has 0 spiro atoms. The SMILES string of the molecule is OCC1CCCN1c1cc(NC2CC(c3ccc(F)cc3)C2)ncn1. The zero-order valence-corrected chi connectivity index (χ0v) is 14.1. The predicted octanol–water partition coefficient (Wildman–Crippen LogP) is 2.93. The molecule has 6 heteroatoms. The third kappa shape index (κ3) is 3.44. The molecule has 1 saturated heterocycles. The molecular formula is C19H23FN4O. The number of aromatic nitrogens is 2. The quantitative estimate of drug-likeness (QED) is 0.875. The van der Waals surface area contributed by atoms with Gasteiger partial charge in [-0.1, -0.05) is 12.1 Å². The molecule has 2 aliphatic rings. The lowest BCUT2D eigenvalue weighted by atomic mass is 9.76. The number of hydrogen-bond donors (Lipinski definition) is 2. The first-order valence-corrected chi connectivity index (χ1v) is 8.94. The van der Waals surface area contributed by atoms with Crippen LogP contribution in [0.3, 0.4) is 0 Å². The lowest BCUT2D eigenvalue weighted by Crippen LogP contribution is -2.35. The second kappa shape index (κ2) is 6.96. The summed E-state index contributed by atoms with van der Waals surface area (Å²) in [7, 11) is 0. The smallest absolute Gasteiger partial charge is 0.134 e. The highest BCUT2D eigenvalue weighted by atomic mass is 19.1. The summed E-state index contributed by atoms with van der Waals surface area (Å²) in [4.78, 5) is 10.9. The number of hydrogen-bond acceptors (Lipinski definition) is 5. The first kappa shape index (κ1) is 16.3. The number of halogens is 1. The van der Waals surface area contributed by atoms with Crippen LogP contribution in [0.2, 0.25) is 0 Å². The third-order valence-electron chi connectivity index (χ3n) is 5.37. The Bertz CT molecular complexity index is 718. The van der Waals surface area contributed by atoms with Crippen molar-refractivity contribution in [1.29, 1.82) is 0 Å². The van der Waals surface area contributed by atoms with Crippen molar-refractivity contribution in [3.63, 3.8) is 0 Å². The standard InChI is InChI=1S/C19H23FN4O/c20-15-5-3-13(4-6-15)14-8-16(9-14)23-18-10-19(22-12-21-18)24-7-1-2-17(24)11-25/h3-6,10,12,14,16-17,25H,1-2,7-9,11H2,(H,21,22,23). The maximum absolute atomic E-state index is 13.0. The van der Waals surface area contributed by atoms with Crippen LogP contribution in [-0.2, 0) is 0 Å². The summed E-state index contributed by atoms with van der Waals surface area (Å²) in [5.74, 6) is 2.01. The summed E-state index contributed by atoms with van der Waals surface area (Å²) < 4.78 is 13.0. The van der Waals surface area contributed by atoms with Crippen LogP contribution < -0.4 is 10.2 Å². The van der Waals surface area contributed by atoms with Gasteiger partial charge in [0.1, 0.15) is 23.8 Å². The van der Waals surface area contributed by atoms with Crippen LogP contribution in [0.25, 0.3) is 0 Å². The number of benzene rings is 1. The number of rotatable bonds is 5. The van der Waals surface area contributed by atoms with Gasteiger partial charge in [0.25, 0.3) is 0 Å². The Hall–Kier alpha value is -2.21. The fourth-order valence-corrected chi connectivity index (χ4v) is 3.86. The molecule has 1 atom stereocenters. The molecule has 132 valence electrons. The average Bonchev–Trinajstić information content (AvgIpc) is 3.08. The number of aliphatic hydroxyl groups excluding tert-OH is 1. The fraction of sp³-hybridized carbons (Fsp3) is 0.474. The van der Waals surface area contributed by atoms with Crippen LogP contribution in [0, 0.1) is 5.82 Å². The van der Waals surface area contributed by atoms with Gasteiger partial charge in [0, 0.05) is 18.7 Å². The molecule has 2 aromatic rings. The zero-order valence-electron chi connectivity index (χ0n) is 14.1. The molecule has 2 fully saturated rings. The van der Waals surface area contributed by atoms with Crippen LogP contribution in [0.1, 0.15) is 37.2 Å². The van der Waals surface area contributed by atoms with E-state index in [0.29, 0.717) is 12.0 Å². The van der Waals surface area contributed by atoms with Crippen molar-refractivity contribution in [3.8, 4) is 0 Å². The summed E-state index contributed by atoms with van der Waals surface area (Å²) in [6.07, 6.45) is 5.72. The maximum Gasteiger partial charge on any atom is 0.134 e. The number of aliphatic hydroxyl groups is 1. The van der Waals surface area contributed by atoms with Crippen LogP contribution in [0.4, 0.5) is 16.0 Å². The van der Waals surface area contributed by atoms with E-state index in [1.54, 1.807) is 6.33 Å². The van der Waals surface area contributed by atoms with E-state index in [1.807, 2.05) is 18.2 Å². The van der Waals surface area contributed by atoms with Crippen molar-refractivity contribution >= 4 is 11.6 Å². The molecule has 0 bridgehead atoms.